The monoisotopic (exact) mass is 306 g/mol. The lowest BCUT2D eigenvalue weighted by molar-refractivity contribution is 0.427. The second-order valence-electron chi connectivity index (χ2n) is 4.82. The first-order valence-corrected chi connectivity index (χ1v) is 9.19. The van der Waals surface area contributed by atoms with Gasteiger partial charge in [0.2, 0.25) is 10.0 Å². The van der Waals surface area contributed by atoms with Gasteiger partial charge in [0.1, 0.15) is 0 Å². The van der Waals surface area contributed by atoms with E-state index in [-0.39, 0.29) is 0 Å². The number of guanidine groups is 1. The Bertz CT molecular complexity index is 382. The van der Waals surface area contributed by atoms with Gasteiger partial charge in [-0.15, -0.1) is 0 Å². The number of hydrogen-bond donors (Lipinski definition) is 2. The summed E-state index contributed by atoms with van der Waals surface area (Å²) in [5.41, 5.74) is 0. The lowest BCUT2D eigenvalue weighted by Crippen LogP contribution is -2.42. The van der Waals surface area contributed by atoms with Crippen LogP contribution in [-0.2, 0) is 10.0 Å². The van der Waals surface area contributed by atoms with E-state index in [1.807, 2.05) is 13.8 Å². The van der Waals surface area contributed by atoms with Gasteiger partial charge in [-0.2, -0.15) is 0 Å². The van der Waals surface area contributed by atoms with Gasteiger partial charge in [0.15, 0.2) is 5.96 Å². The van der Waals surface area contributed by atoms with Crippen LogP contribution in [0.4, 0.5) is 0 Å². The fourth-order valence-corrected chi connectivity index (χ4v) is 2.58. The predicted octanol–water partition coefficient (Wildman–Crippen LogP) is 1.01. The summed E-state index contributed by atoms with van der Waals surface area (Å²) in [5, 5.41) is 6.49. The third-order valence-electron chi connectivity index (χ3n) is 3.00. The third-order valence-corrected chi connectivity index (χ3v) is 4.38. The summed E-state index contributed by atoms with van der Waals surface area (Å²) in [5.74, 6) is 0.796. The highest BCUT2D eigenvalue weighted by molar-refractivity contribution is 7.88. The molecule has 0 fully saturated rings. The third kappa shape index (κ3) is 8.37. The van der Waals surface area contributed by atoms with Crippen molar-refractivity contribution in [2.45, 2.75) is 46.6 Å². The Kier molecular flexibility index (Phi) is 9.58. The standard InChI is InChI=1S/C13H30N4O2S/c1-6-12(4)16-13(14-7-2)15-10-9-11-17(8-3)20(5,18)19/h12H,6-11H2,1-5H3,(H2,14,15,16). The van der Waals surface area contributed by atoms with Gasteiger partial charge in [0.05, 0.1) is 6.26 Å². The molecular formula is C13H30N4O2S. The van der Waals surface area contributed by atoms with E-state index in [4.69, 9.17) is 0 Å². The zero-order chi connectivity index (χ0) is 15.6. The molecule has 0 aliphatic rings. The summed E-state index contributed by atoms with van der Waals surface area (Å²) in [6, 6.07) is 0.371. The highest BCUT2D eigenvalue weighted by Gasteiger charge is 2.13. The van der Waals surface area contributed by atoms with Gasteiger partial charge in [0, 0.05) is 32.2 Å². The van der Waals surface area contributed by atoms with E-state index < -0.39 is 10.0 Å². The average molecular weight is 306 g/mol. The maximum atomic E-state index is 11.4. The summed E-state index contributed by atoms with van der Waals surface area (Å²) in [7, 11) is -3.10. The molecule has 0 aromatic carbocycles. The van der Waals surface area contributed by atoms with Crippen molar-refractivity contribution in [3.63, 3.8) is 0 Å². The van der Waals surface area contributed by atoms with Crippen molar-refractivity contribution >= 4 is 16.0 Å². The molecule has 0 bridgehead atoms. The minimum Gasteiger partial charge on any atom is -0.357 e. The molecule has 0 amide bonds. The van der Waals surface area contributed by atoms with Gasteiger partial charge >= 0.3 is 0 Å². The number of rotatable bonds is 9. The Labute approximate surface area is 124 Å². The van der Waals surface area contributed by atoms with Crippen molar-refractivity contribution in [1.82, 2.24) is 14.9 Å². The molecule has 0 aliphatic heterocycles. The molecule has 0 radical (unpaired) electrons. The maximum Gasteiger partial charge on any atom is 0.211 e. The molecule has 0 rings (SSSR count). The number of hydrogen-bond acceptors (Lipinski definition) is 3. The first-order valence-electron chi connectivity index (χ1n) is 7.35. The predicted molar refractivity (Wildman–Crippen MR) is 85.6 cm³/mol. The van der Waals surface area contributed by atoms with Gasteiger partial charge in [-0.25, -0.2) is 12.7 Å². The van der Waals surface area contributed by atoms with Gasteiger partial charge < -0.3 is 10.6 Å². The minimum atomic E-state index is -3.10. The van der Waals surface area contributed by atoms with E-state index in [2.05, 4.69) is 29.5 Å². The topological polar surface area (TPSA) is 73.8 Å². The molecule has 2 N–H and O–H groups in total. The number of aliphatic imine (C=N–C) groups is 1. The van der Waals surface area contributed by atoms with Crippen LogP contribution >= 0.6 is 0 Å². The lowest BCUT2D eigenvalue weighted by atomic mass is 10.3. The normalized spacial score (nSPS) is 14.4. The Hall–Kier alpha value is -0.820. The van der Waals surface area contributed by atoms with Gasteiger partial charge in [0.25, 0.3) is 0 Å². The molecule has 0 aromatic heterocycles. The van der Waals surface area contributed by atoms with Crippen molar-refractivity contribution in [2.75, 3.05) is 32.4 Å². The molecule has 0 aromatic rings. The van der Waals surface area contributed by atoms with Crippen LogP contribution in [0.5, 0.6) is 0 Å². The van der Waals surface area contributed by atoms with E-state index in [0.29, 0.717) is 25.7 Å². The molecule has 20 heavy (non-hydrogen) atoms. The largest absolute Gasteiger partial charge is 0.357 e. The van der Waals surface area contributed by atoms with Gasteiger partial charge in [-0.1, -0.05) is 13.8 Å². The van der Waals surface area contributed by atoms with Crippen LogP contribution in [0.25, 0.3) is 0 Å². The zero-order valence-corrected chi connectivity index (χ0v) is 14.3. The van der Waals surface area contributed by atoms with Crippen LogP contribution in [0.3, 0.4) is 0 Å². The summed E-state index contributed by atoms with van der Waals surface area (Å²) < 4.78 is 24.4. The first kappa shape index (κ1) is 19.2. The highest BCUT2D eigenvalue weighted by Crippen LogP contribution is 1.99. The Morgan fingerprint density at radius 2 is 1.95 bits per heavy atom. The molecule has 0 heterocycles. The summed E-state index contributed by atoms with van der Waals surface area (Å²) in [4.78, 5) is 4.46. The molecule has 1 atom stereocenters. The maximum absolute atomic E-state index is 11.4. The van der Waals surface area contributed by atoms with Crippen LogP contribution < -0.4 is 10.6 Å². The van der Waals surface area contributed by atoms with Crippen molar-refractivity contribution in [3.05, 3.63) is 0 Å². The summed E-state index contributed by atoms with van der Waals surface area (Å²) in [6.07, 6.45) is 2.99. The van der Waals surface area contributed by atoms with E-state index in [1.165, 1.54) is 10.6 Å². The Morgan fingerprint density at radius 1 is 1.30 bits per heavy atom. The fourth-order valence-electron chi connectivity index (χ4n) is 1.65. The fraction of sp³-hybridized carbons (Fsp3) is 0.923. The molecule has 0 saturated heterocycles. The molecular weight excluding hydrogens is 276 g/mol. The molecule has 1 unspecified atom stereocenters. The molecule has 0 aliphatic carbocycles. The van der Waals surface area contributed by atoms with E-state index in [1.54, 1.807) is 0 Å². The number of nitrogens with zero attached hydrogens (tertiary/aromatic N) is 2. The van der Waals surface area contributed by atoms with Gasteiger partial charge in [-0.3, -0.25) is 4.99 Å². The second kappa shape index (κ2) is 9.99. The number of sulfonamides is 1. The van der Waals surface area contributed by atoms with E-state index in [0.717, 1.165) is 25.3 Å². The minimum absolute atomic E-state index is 0.371. The van der Waals surface area contributed by atoms with Crippen LogP contribution in [0.1, 0.15) is 40.5 Å². The van der Waals surface area contributed by atoms with Crippen molar-refractivity contribution in [3.8, 4) is 0 Å². The van der Waals surface area contributed by atoms with Crippen LogP contribution in [0.15, 0.2) is 4.99 Å². The molecule has 6 nitrogen and oxygen atoms in total. The van der Waals surface area contributed by atoms with Crippen molar-refractivity contribution < 1.29 is 8.42 Å². The van der Waals surface area contributed by atoms with E-state index in [9.17, 15) is 8.42 Å². The molecule has 0 saturated carbocycles. The summed E-state index contributed by atoms with van der Waals surface area (Å²) >= 11 is 0. The van der Waals surface area contributed by atoms with E-state index >= 15 is 0 Å². The molecule has 7 heteroatoms. The second-order valence-corrected chi connectivity index (χ2v) is 6.80. The van der Waals surface area contributed by atoms with Crippen molar-refractivity contribution in [2.24, 2.45) is 4.99 Å². The lowest BCUT2D eigenvalue weighted by Gasteiger charge is -2.18. The molecule has 120 valence electrons. The SMILES string of the molecule is CCNC(=NCCCN(CC)S(C)(=O)=O)NC(C)CC. The highest BCUT2D eigenvalue weighted by atomic mass is 32.2. The number of nitrogens with one attached hydrogen (secondary N) is 2. The first-order chi connectivity index (χ1) is 9.35. The Balaban J connectivity index is 4.29. The smallest absolute Gasteiger partial charge is 0.211 e. The van der Waals surface area contributed by atoms with Crippen LogP contribution in [0.2, 0.25) is 0 Å². The quantitative estimate of drug-likeness (QED) is 0.379. The van der Waals surface area contributed by atoms with Crippen LogP contribution in [-0.4, -0.2) is 57.2 Å². The van der Waals surface area contributed by atoms with Crippen molar-refractivity contribution in [1.29, 1.82) is 0 Å². The average Bonchev–Trinajstić information content (AvgIpc) is 2.37. The Morgan fingerprint density at radius 3 is 2.40 bits per heavy atom. The molecule has 0 spiro atoms. The zero-order valence-electron chi connectivity index (χ0n) is 13.4. The summed E-state index contributed by atoms with van der Waals surface area (Å²) in [6.45, 7) is 10.5. The van der Waals surface area contributed by atoms with Crippen LogP contribution in [0, 0.1) is 0 Å². The van der Waals surface area contributed by atoms with Gasteiger partial charge in [-0.05, 0) is 26.7 Å².